The Morgan fingerprint density at radius 3 is 2.56 bits per heavy atom. The van der Waals surface area contributed by atoms with Crippen molar-refractivity contribution in [2.45, 2.75) is 26.7 Å². The molecule has 1 aliphatic rings. The standard InChI is InChI=1S/C8H11Cl/c1-6-4-3-5-8(9)7(6)2/h5H,3-4H2,1-2H3. The summed E-state index contributed by atoms with van der Waals surface area (Å²) in [7, 11) is 0. The molecule has 0 fully saturated rings. The van der Waals surface area contributed by atoms with E-state index in [1.807, 2.05) is 0 Å². The lowest BCUT2D eigenvalue weighted by Crippen LogP contribution is -1.90. The maximum absolute atomic E-state index is 5.87. The second-order valence-electron chi connectivity index (χ2n) is 2.50. The summed E-state index contributed by atoms with van der Waals surface area (Å²) in [4.78, 5) is 0. The Labute approximate surface area is 61.2 Å². The molecular formula is C8H11Cl. The van der Waals surface area contributed by atoms with Crippen LogP contribution >= 0.6 is 11.6 Å². The van der Waals surface area contributed by atoms with Crippen LogP contribution in [0.4, 0.5) is 0 Å². The summed E-state index contributed by atoms with van der Waals surface area (Å²) in [6.45, 7) is 4.22. The average molecular weight is 143 g/mol. The Balaban J connectivity index is 2.88. The fourth-order valence-corrected chi connectivity index (χ4v) is 1.23. The first-order valence-electron chi connectivity index (χ1n) is 3.24. The first-order valence-corrected chi connectivity index (χ1v) is 3.62. The van der Waals surface area contributed by atoms with Crippen LogP contribution in [0, 0.1) is 0 Å². The fraction of sp³-hybridized carbons (Fsp3) is 0.500. The van der Waals surface area contributed by atoms with Crippen LogP contribution in [0.15, 0.2) is 22.3 Å². The third-order valence-electron chi connectivity index (χ3n) is 1.84. The van der Waals surface area contributed by atoms with Crippen molar-refractivity contribution in [2.24, 2.45) is 0 Å². The van der Waals surface area contributed by atoms with Gasteiger partial charge in [0.25, 0.3) is 0 Å². The van der Waals surface area contributed by atoms with Crippen LogP contribution < -0.4 is 0 Å². The minimum atomic E-state index is 0.943. The minimum Gasteiger partial charge on any atom is -0.0844 e. The lowest BCUT2D eigenvalue weighted by atomic mass is 10.0. The molecule has 0 unspecified atom stereocenters. The van der Waals surface area contributed by atoms with Gasteiger partial charge in [-0.3, -0.25) is 0 Å². The maximum atomic E-state index is 5.87. The number of allylic oxidation sites excluding steroid dienone is 4. The molecule has 1 aliphatic carbocycles. The highest BCUT2D eigenvalue weighted by Gasteiger charge is 2.04. The van der Waals surface area contributed by atoms with E-state index in [-0.39, 0.29) is 0 Å². The zero-order chi connectivity index (χ0) is 6.85. The molecular weight excluding hydrogens is 132 g/mol. The summed E-state index contributed by atoms with van der Waals surface area (Å²) in [5, 5.41) is 0.943. The SMILES string of the molecule is CC1=C(C)C(Cl)=CCC1. The van der Waals surface area contributed by atoms with Crippen molar-refractivity contribution in [3.8, 4) is 0 Å². The van der Waals surface area contributed by atoms with E-state index in [0.717, 1.165) is 11.5 Å². The maximum Gasteiger partial charge on any atom is 0.0394 e. The van der Waals surface area contributed by atoms with Crippen molar-refractivity contribution >= 4 is 11.6 Å². The number of halogens is 1. The first-order chi connectivity index (χ1) is 4.22. The lowest BCUT2D eigenvalue weighted by Gasteiger charge is -2.10. The predicted molar refractivity (Wildman–Crippen MR) is 41.5 cm³/mol. The molecule has 0 heterocycles. The predicted octanol–water partition coefficient (Wildman–Crippen LogP) is 3.24. The van der Waals surface area contributed by atoms with Crippen LogP contribution in [0.25, 0.3) is 0 Å². The van der Waals surface area contributed by atoms with E-state index in [2.05, 4.69) is 19.9 Å². The largest absolute Gasteiger partial charge is 0.0844 e. The van der Waals surface area contributed by atoms with Crippen LogP contribution in [0.2, 0.25) is 0 Å². The molecule has 0 bridgehead atoms. The van der Waals surface area contributed by atoms with E-state index in [1.54, 1.807) is 0 Å². The quantitative estimate of drug-likeness (QED) is 0.487. The van der Waals surface area contributed by atoms with Gasteiger partial charge in [0.05, 0.1) is 0 Å². The normalized spacial score (nSPS) is 20.1. The summed E-state index contributed by atoms with van der Waals surface area (Å²) >= 11 is 5.87. The van der Waals surface area contributed by atoms with Gasteiger partial charge in [0, 0.05) is 5.03 Å². The second kappa shape index (κ2) is 2.57. The highest BCUT2D eigenvalue weighted by molar-refractivity contribution is 6.32. The smallest absolute Gasteiger partial charge is 0.0394 e. The van der Waals surface area contributed by atoms with Crippen LogP contribution in [-0.2, 0) is 0 Å². The molecule has 9 heavy (non-hydrogen) atoms. The zero-order valence-corrected chi connectivity index (χ0v) is 6.63. The van der Waals surface area contributed by atoms with Gasteiger partial charge in [-0.15, -0.1) is 0 Å². The lowest BCUT2D eigenvalue weighted by molar-refractivity contribution is 0.934. The highest BCUT2D eigenvalue weighted by Crippen LogP contribution is 2.26. The molecule has 0 aromatic rings. The Hall–Kier alpha value is -0.230. The minimum absolute atomic E-state index is 0.943. The molecule has 0 amide bonds. The van der Waals surface area contributed by atoms with E-state index in [0.29, 0.717) is 0 Å². The molecule has 0 aromatic carbocycles. The van der Waals surface area contributed by atoms with Crippen LogP contribution in [0.5, 0.6) is 0 Å². The molecule has 0 aliphatic heterocycles. The topological polar surface area (TPSA) is 0 Å². The third-order valence-corrected chi connectivity index (χ3v) is 2.28. The molecule has 0 nitrogen and oxygen atoms in total. The summed E-state index contributed by atoms with van der Waals surface area (Å²) in [5.74, 6) is 0. The molecule has 0 saturated carbocycles. The van der Waals surface area contributed by atoms with E-state index in [9.17, 15) is 0 Å². The molecule has 0 saturated heterocycles. The fourth-order valence-electron chi connectivity index (χ4n) is 0.960. The number of rotatable bonds is 0. The van der Waals surface area contributed by atoms with E-state index in [1.165, 1.54) is 17.6 Å². The summed E-state index contributed by atoms with van der Waals surface area (Å²) < 4.78 is 0. The van der Waals surface area contributed by atoms with Gasteiger partial charge in [-0.25, -0.2) is 0 Å². The molecule has 0 N–H and O–H groups in total. The second-order valence-corrected chi connectivity index (χ2v) is 2.90. The van der Waals surface area contributed by atoms with Gasteiger partial charge in [0.2, 0.25) is 0 Å². The van der Waals surface area contributed by atoms with Gasteiger partial charge in [-0.1, -0.05) is 23.3 Å². The Morgan fingerprint density at radius 2 is 2.11 bits per heavy atom. The summed E-state index contributed by atoms with van der Waals surface area (Å²) in [6.07, 6.45) is 4.38. The van der Waals surface area contributed by atoms with E-state index in [4.69, 9.17) is 11.6 Å². The van der Waals surface area contributed by atoms with Crippen LogP contribution in [-0.4, -0.2) is 0 Å². The van der Waals surface area contributed by atoms with Gasteiger partial charge in [0.15, 0.2) is 0 Å². The van der Waals surface area contributed by atoms with Crippen molar-refractivity contribution in [1.82, 2.24) is 0 Å². The van der Waals surface area contributed by atoms with Gasteiger partial charge >= 0.3 is 0 Å². The average Bonchev–Trinajstić information content (AvgIpc) is 1.83. The van der Waals surface area contributed by atoms with Gasteiger partial charge in [-0.05, 0) is 32.3 Å². The Bertz CT molecular complexity index is 175. The molecule has 0 aromatic heterocycles. The van der Waals surface area contributed by atoms with Gasteiger partial charge < -0.3 is 0 Å². The van der Waals surface area contributed by atoms with Crippen molar-refractivity contribution in [2.75, 3.05) is 0 Å². The van der Waals surface area contributed by atoms with Gasteiger partial charge in [0.1, 0.15) is 0 Å². The molecule has 0 spiro atoms. The van der Waals surface area contributed by atoms with E-state index >= 15 is 0 Å². The zero-order valence-electron chi connectivity index (χ0n) is 5.87. The molecule has 0 atom stereocenters. The summed E-state index contributed by atoms with van der Waals surface area (Å²) in [5.41, 5.74) is 2.70. The Morgan fingerprint density at radius 1 is 1.44 bits per heavy atom. The van der Waals surface area contributed by atoms with Gasteiger partial charge in [-0.2, -0.15) is 0 Å². The van der Waals surface area contributed by atoms with Crippen LogP contribution in [0.3, 0.4) is 0 Å². The summed E-state index contributed by atoms with van der Waals surface area (Å²) in [6, 6.07) is 0. The van der Waals surface area contributed by atoms with E-state index < -0.39 is 0 Å². The highest BCUT2D eigenvalue weighted by atomic mass is 35.5. The monoisotopic (exact) mass is 142 g/mol. The molecule has 0 radical (unpaired) electrons. The van der Waals surface area contributed by atoms with Crippen LogP contribution in [0.1, 0.15) is 26.7 Å². The first kappa shape index (κ1) is 6.88. The molecule has 1 heteroatoms. The third kappa shape index (κ3) is 1.36. The number of hydrogen-bond acceptors (Lipinski definition) is 0. The number of hydrogen-bond donors (Lipinski definition) is 0. The Kier molecular flexibility index (Phi) is 1.97. The van der Waals surface area contributed by atoms with Crippen molar-refractivity contribution in [1.29, 1.82) is 0 Å². The van der Waals surface area contributed by atoms with Crippen molar-refractivity contribution in [3.63, 3.8) is 0 Å². The van der Waals surface area contributed by atoms with Crippen molar-refractivity contribution < 1.29 is 0 Å². The molecule has 1 rings (SSSR count). The molecule has 50 valence electrons. The van der Waals surface area contributed by atoms with Crippen molar-refractivity contribution in [3.05, 3.63) is 22.3 Å².